The predicted molar refractivity (Wildman–Crippen MR) is 140 cm³/mol. The van der Waals surface area contributed by atoms with Gasteiger partial charge in [0.25, 0.3) is 0 Å². The van der Waals surface area contributed by atoms with E-state index in [-0.39, 0.29) is 30.9 Å². The van der Waals surface area contributed by atoms with E-state index in [2.05, 4.69) is 35.1 Å². The molecule has 36 heavy (non-hydrogen) atoms. The summed E-state index contributed by atoms with van der Waals surface area (Å²) in [6.07, 6.45) is 1.73. The van der Waals surface area contributed by atoms with Crippen molar-refractivity contribution in [2.45, 2.75) is 59.6 Å². The molecule has 1 rings (SSSR count). The minimum atomic E-state index is -0.707. The maximum atomic E-state index is 12.6. The number of carbonyl (C=O) groups is 4. The molecule has 0 saturated heterocycles. The summed E-state index contributed by atoms with van der Waals surface area (Å²) in [7, 11) is 3.48. The summed E-state index contributed by atoms with van der Waals surface area (Å²) in [5.41, 5.74) is 1.33. The molecular formula is C26H43N5O5. The number of hydrogen-bond donors (Lipinski definition) is 4. The predicted octanol–water partition coefficient (Wildman–Crippen LogP) is 2.50. The Kier molecular flexibility index (Phi) is 14.2. The molecule has 10 nitrogen and oxygen atoms in total. The maximum absolute atomic E-state index is 12.6. The topological polar surface area (TPSA) is 129 Å². The van der Waals surface area contributed by atoms with Crippen LogP contribution in [0.1, 0.15) is 52.5 Å². The van der Waals surface area contributed by atoms with Crippen molar-refractivity contribution in [3.8, 4) is 0 Å². The average molecular weight is 506 g/mol. The third-order valence-corrected chi connectivity index (χ3v) is 5.86. The second kappa shape index (κ2) is 16.5. The third kappa shape index (κ3) is 12.0. The van der Waals surface area contributed by atoms with Gasteiger partial charge in [0, 0.05) is 32.2 Å². The number of likely N-dealkylation sites (N-methyl/N-ethyl adjacent to an activating group) is 2. The Balaban J connectivity index is 2.48. The van der Waals surface area contributed by atoms with Crippen molar-refractivity contribution in [1.29, 1.82) is 0 Å². The summed E-state index contributed by atoms with van der Waals surface area (Å²) in [5.74, 6) is -0.618. The van der Waals surface area contributed by atoms with Crippen LogP contribution >= 0.6 is 0 Å². The lowest BCUT2D eigenvalue weighted by Gasteiger charge is -2.22. The van der Waals surface area contributed by atoms with Crippen LogP contribution in [0.3, 0.4) is 0 Å². The molecular weight excluding hydrogens is 462 g/mol. The molecule has 1 aromatic rings. The number of benzene rings is 1. The first-order chi connectivity index (χ1) is 17.1. The normalized spacial score (nSPS) is 12.4. The lowest BCUT2D eigenvalue weighted by atomic mass is 10.0. The van der Waals surface area contributed by atoms with Crippen molar-refractivity contribution in [2.24, 2.45) is 11.8 Å². The molecule has 0 spiro atoms. The molecule has 0 aromatic heterocycles. The molecule has 0 bridgehead atoms. The number of nitrogens with zero attached hydrogens (tertiary/aromatic N) is 1. The Morgan fingerprint density at radius 3 is 2.28 bits per heavy atom. The molecule has 4 amide bonds. The van der Waals surface area contributed by atoms with E-state index < -0.39 is 18.0 Å². The summed E-state index contributed by atoms with van der Waals surface area (Å²) in [6.45, 7) is 8.97. The molecule has 0 aliphatic heterocycles. The minimum absolute atomic E-state index is 0.118. The van der Waals surface area contributed by atoms with E-state index >= 15 is 0 Å². The highest BCUT2D eigenvalue weighted by molar-refractivity contribution is 5.96. The summed E-state index contributed by atoms with van der Waals surface area (Å²) in [6, 6.07) is 6.18. The zero-order chi connectivity index (χ0) is 27.1. The molecule has 0 aliphatic rings. The van der Waals surface area contributed by atoms with E-state index in [0.29, 0.717) is 31.1 Å². The van der Waals surface area contributed by atoms with E-state index in [1.165, 1.54) is 4.90 Å². The van der Waals surface area contributed by atoms with Gasteiger partial charge < -0.3 is 30.9 Å². The highest BCUT2D eigenvalue weighted by Crippen LogP contribution is 2.12. The van der Waals surface area contributed by atoms with Gasteiger partial charge in [-0.05, 0) is 43.0 Å². The minimum Gasteiger partial charge on any atom is -0.445 e. The average Bonchev–Trinajstić information content (AvgIpc) is 2.86. The van der Waals surface area contributed by atoms with Gasteiger partial charge in [0.2, 0.25) is 17.7 Å². The largest absolute Gasteiger partial charge is 0.445 e. The Labute approximate surface area is 214 Å². The van der Waals surface area contributed by atoms with Crippen molar-refractivity contribution in [1.82, 2.24) is 20.9 Å². The number of nitrogens with one attached hydrogen (secondary N) is 4. The second-order valence-corrected chi connectivity index (χ2v) is 9.38. The molecule has 4 N–H and O–H groups in total. The van der Waals surface area contributed by atoms with Crippen LogP contribution < -0.4 is 21.3 Å². The zero-order valence-electron chi connectivity index (χ0n) is 22.5. The van der Waals surface area contributed by atoms with Gasteiger partial charge in [-0.1, -0.05) is 46.2 Å². The zero-order valence-corrected chi connectivity index (χ0v) is 22.5. The number of ether oxygens (including phenoxy) is 1. The summed E-state index contributed by atoms with van der Waals surface area (Å²) in [4.78, 5) is 50.6. The van der Waals surface area contributed by atoms with Crippen LogP contribution in [0.25, 0.3) is 0 Å². The monoisotopic (exact) mass is 505 g/mol. The molecule has 2 atom stereocenters. The lowest BCUT2D eigenvalue weighted by Crippen LogP contribution is -2.51. The standard InChI is InChI=1S/C26H43N5O5/c1-7-19(4)8-13-22(32)30-24(18(2)3)25(34)28-16-23(33)29-21-11-9-20(10-12-21)17-36-26(35)31(6)15-14-27-5/h9-12,18-19,24,27H,7-8,13-17H2,1-6H3,(H,28,34)(H,29,33)(H,30,32). The van der Waals surface area contributed by atoms with Crippen molar-refractivity contribution < 1.29 is 23.9 Å². The molecule has 0 fully saturated rings. The van der Waals surface area contributed by atoms with E-state index in [1.807, 2.05) is 20.9 Å². The van der Waals surface area contributed by atoms with E-state index in [1.54, 1.807) is 31.3 Å². The van der Waals surface area contributed by atoms with Gasteiger partial charge in [0.15, 0.2) is 0 Å². The molecule has 1 aromatic carbocycles. The van der Waals surface area contributed by atoms with Crippen LogP contribution in [0.5, 0.6) is 0 Å². The highest BCUT2D eigenvalue weighted by Gasteiger charge is 2.24. The van der Waals surface area contributed by atoms with Gasteiger partial charge in [-0.15, -0.1) is 0 Å². The fourth-order valence-corrected chi connectivity index (χ4v) is 3.16. The van der Waals surface area contributed by atoms with E-state index in [0.717, 1.165) is 18.4 Å². The Hall–Kier alpha value is -3.14. The van der Waals surface area contributed by atoms with Gasteiger partial charge in [-0.3, -0.25) is 14.4 Å². The molecule has 10 heteroatoms. The first kappa shape index (κ1) is 30.9. The van der Waals surface area contributed by atoms with Crippen molar-refractivity contribution in [2.75, 3.05) is 39.0 Å². The summed E-state index contributed by atoms with van der Waals surface area (Å²) >= 11 is 0. The van der Waals surface area contributed by atoms with Gasteiger partial charge in [0.1, 0.15) is 12.6 Å². The molecule has 0 aliphatic carbocycles. The SMILES string of the molecule is CCC(C)CCC(=O)NC(C(=O)NCC(=O)Nc1ccc(COC(=O)N(C)CCNC)cc1)C(C)C. The molecule has 0 saturated carbocycles. The Morgan fingerprint density at radius 2 is 1.69 bits per heavy atom. The first-order valence-corrected chi connectivity index (χ1v) is 12.6. The Bertz CT molecular complexity index is 844. The van der Waals surface area contributed by atoms with Crippen LogP contribution in [0, 0.1) is 11.8 Å². The van der Waals surface area contributed by atoms with E-state index in [4.69, 9.17) is 4.74 Å². The van der Waals surface area contributed by atoms with Gasteiger partial charge in [0.05, 0.1) is 6.54 Å². The first-order valence-electron chi connectivity index (χ1n) is 12.6. The van der Waals surface area contributed by atoms with Crippen LogP contribution in [-0.2, 0) is 25.7 Å². The smallest absolute Gasteiger partial charge is 0.409 e. The molecule has 0 heterocycles. The van der Waals surface area contributed by atoms with Crippen LogP contribution in [0.4, 0.5) is 10.5 Å². The number of rotatable bonds is 15. The maximum Gasteiger partial charge on any atom is 0.409 e. The lowest BCUT2D eigenvalue weighted by molar-refractivity contribution is -0.131. The summed E-state index contributed by atoms with van der Waals surface area (Å²) < 4.78 is 5.27. The number of amides is 4. The third-order valence-electron chi connectivity index (χ3n) is 5.86. The van der Waals surface area contributed by atoms with Crippen molar-refractivity contribution in [3.05, 3.63) is 29.8 Å². The van der Waals surface area contributed by atoms with Gasteiger partial charge >= 0.3 is 6.09 Å². The Morgan fingerprint density at radius 1 is 1.03 bits per heavy atom. The molecule has 2 unspecified atom stereocenters. The fourth-order valence-electron chi connectivity index (χ4n) is 3.16. The van der Waals surface area contributed by atoms with E-state index in [9.17, 15) is 19.2 Å². The van der Waals surface area contributed by atoms with Crippen LogP contribution in [-0.4, -0.2) is 68.5 Å². The molecule has 0 radical (unpaired) electrons. The van der Waals surface area contributed by atoms with Crippen molar-refractivity contribution >= 4 is 29.5 Å². The van der Waals surface area contributed by atoms with Gasteiger partial charge in [-0.25, -0.2) is 4.79 Å². The van der Waals surface area contributed by atoms with Crippen LogP contribution in [0.15, 0.2) is 24.3 Å². The highest BCUT2D eigenvalue weighted by atomic mass is 16.6. The van der Waals surface area contributed by atoms with Crippen molar-refractivity contribution in [3.63, 3.8) is 0 Å². The quantitative estimate of drug-likeness (QED) is 0.290. The van der Waals surface area contributed by atoms with Gasteiger partial charge in [-0.2, -0.15) is 0 Å². The fraction of sp³-hybridized carbons (Fsp3) is 0.615. The second-order valence-electron chi connectivity index (χ2n) is 9.38. The number of carbonyl (C=O) groups excluding carboxylic acids is 4. The molecule has 202 valence electrons. The number of anilines is 1. The van der Waals surface area contributed by atoms with Crippen LogP contribution in [0.2, 0.25) is 0 Å². The number of hydrogen-bond acceptors (Lipinski definition) is 6. The summed E-state index contributed by atoms with van der Waals surface area (Å²) in [5, 5.41) is 11.1.